The molecule has 0 fully saturated rings. The Morgan fingerprint density at radius 2 is 1.28 bits per heavy atom. The topological polar surface area (TPSA) is 82.1 Å². The number of nitrogens with zero attached hydrogens (tertiary/aromatic N) is 1. The van der Waals surface area contributed by atoms with E-state index in [1.165, 1.54) is 19.1 Å². The average molecular weight is 298 g/mol. The third kappa shape index (κ3) is 9.03. The van der Waals surface area contributed by atoms with Gasteiger partial charge in [0, 0.05) is 18.6 Å². The Labute approximate surface area is 118 Å². The molecule has 0 saturated carbocycles. The van der Waals surface area contributed by atoms with E-state index in [2.05, 4.69) is 9.47 Å². The molecule has 103 valence electrons. The number of hydrogen-bond donors (Lipinski definition) is 0. The van der Waals surface area contributed by atoms with Gasteiger partial charge >= 0.3 is 17.9 Å². The number of esters is 3. The first-order valence-corrected chi connectivity index (χ1v) is 5.05. The normalized spacial score (nSPS) is 9.33. The summed E-state index contributed by atoms with van der Waals surface area (Å²) < 4.78 is 13.6. The van der Waals surface area contributed by atoms with Crippen LogP contribution in [0, 0.1) is 0 Å². The van der Waals surface area contributed by atoms with Crippen molar-refractivity contribution in [3.05, 3.63) is 0 Å². The van der Waals surface area contributed by atoms with E-state index in [0.29, 0.717) is 0 Å². The van der Waals surface area contributed by atoms with E-state index in [-0.39, 0.29) is 44.8 Å². The molecule has 0 aromatic heterocycles. The van der Waals surface area contributed by atoms with Crippen LogP contribution >= 0.6 is 0 Å². The molecule has 0 aromatic rings. The molecule has 0 aliphatic carbocycles. The minimum absolute atomic E-state index is 0. The van der Waals surface area contributed by atoms with E-state index in [4.69, 9.17) is 4.74 Å². The van der Waals surface area contributed by atoms with Gasteiger partial charge in [-0.1, -0.05) is 0 Å². The number of carbonyl (C=O) groups excluding carboxylic acids is 3. The van der Waals surface area contributed by atoms with Gasteiger partial charge in [-0.15, -0.1) is 0 Å². The van der Waals surface area contributed by atoms with Crippen LogP contribution in [0.4, 0.5) is 0 Å². The van der Waals surface area contributed by atoms with E-state index in [1.54, 1.807) is 6.92 Å². The summed E-state index contributed by atoms with van der Waals surface area (Å²) in [7, 11) is 2.45. The summed E-state index contributed by atoms with van der Waals surface area (Å²) in [6.07, 6.45) is 0. The largest absolute Gasteiger partial charge is 0.468 e. The van der Waals surface area contributed by atoms with Crippen molar-refractivity contribution in [1.29, 1.82) is 0 Å². The summed E-state index contributed by atoms with van der Waals surface area (Å²) in [5.74, 6) is -1.60. The second-order valence-electron chi connectivity index (χ2n) is 3.10. The number of ether oxygens (including phenoxy) is 3. The Morgan fingerprint density at radius 3 is 1.61 bits per heavy atom. The maximum atomic E-state index is 11.2. The van der Waals surface area contributed by atoms with Gasteiger partial charge in [-0.25, -0.2) is 0 Å². The molecule has 0 aliphatic heterocycles. The monoisotopic (exact) mass is 298 g/mol. The van der Waals surface area contributed by atoms with Crippen LogP contribution in [0.5, 0.6) is 0 Å². The third-order valence-electron chi connectivity index (χ3n) is 1.82. The van der Waals surface area contributed by atoms with Gasteiger partial charge in [-0.05, 0) is 6.92 Å². The maximum Gasteiger partial charge on any atom is 0.320 e. The molecule has 0 unspecified atom stereocenters. The average Bonchev–Trinajstić information content (AvgIpc) is 2.28. The molecule has 7 nitrogen and oxygen atoms in total. The Morgan fingerprint density at radius 1 is 0.889 bits per heavy atom. The number of hydrogen-bond acceptors (Lipinski definition) is 7. The van der Waals surface area contributed by atoms with E-state index in [0.717, 1.165) is 0 Å². The molecule has 1 radical (unpaired) electrons. The molecule has 0 atom stereocenters. The molecule has 0 spiro atoms. The number of carbonyl (C=O) groups is 3. The third-order valence-corrected chi connectivity index (χ3v) is 1.82. The second kappa shape index (κ2) is 11.1. The predicted octanol–water partition coefficient (Wildman–Crippen LogP) is -0.805. The van der Waals surface area contributed by atoms with Crippen molar-refractivity contribution in [2.45, 2.75) is 6.92 Å². The summed E-state index contributed by atoms with van der Waals surface area (Å²) in [5.41, 5.74) is 0. The molecule has 0 aromatic carbocycles. The molecule has 0 heterocycles. The van der Waals surface area contributed by atoms with Crippen molar-refractivity contribution in [1.82, 2.24) is 4.90 Å². The minimum atomic E-state index is -0.543. The van der Waals surface area contributed by atoms with Gasteiger partial charge in [-0.3, -0.25) is 19.3 Å². The van der Waals surface area contributed by atoms with Crippen LogP contribution in [0.3, 0.4) is 0 Å². The molecular formula is C10H17NO6V. The Balaban J connectivity index is 0. The quantitative estimate of drug-likeness (QED) is 0.449. The van der Waals surface area contributed by atoms with Crippen LogP contribution in [-0.2, 0) is 47.1 Å². The smallest absolute Gasteiger partial charge is 0.320 e. The number of rotatable bonds is 7. The van der Waals surface area contributed by atoms with E-state index >= 15 is 0 Å². The first kappa shape index (κ1) is 19.3. The summed E-state index contributed by atoms with van der Waals surface area (Å²) in [6, 6.07) is 0. The molecule has 0 rings (SSSR count). The van der Waals surface area contributed by atoms with Crippen LogP contribution in [0.15, 0.2) is 0 Å². The predicted molar refractivity (Wildman–Crippen MR) is 57.1 cm³/mol. The molecule has 0 amide bonds. The molecule has 8 heteroatoms. The molecular weight excluding hydrogens is 281 g/mol. The van der Waals surface area contributed by atoms with Crippen LogP contribution in [0.25, 0.3) is 0 Å². The summed E-state index contributed by atoms with van der Waals surface area (Å²) >= 11 is 0. The fourth-order valence-electron chi connectivity index (χ4n) is 1.05. The summed E-state index contributed by atoms with van der Waals surface area (Å²) in [6.45, 7) is 1.39. The van der Waals surface area contributed by atoms with Crippen molar-refractivity contribution in [3.63, 3.8) is 0 Å². The summed E-state index contributed by atoms with van der Waals surface area (Å²) in [4.78, 5) is 34.6. The molecule has 0 bridgehead atoms. The standard InChI is InChI=1S/C10H17NO6.V/c1-4-17-10(14)7-11(5-8(12)15-2)6-9(13)16-3;/h4-7H2,1-3H3;. The van der Waals surface area contributed by atoms with Crippen molar-refractivity contribution in [2.75, 3.05) is 40.5 Å². The summed E-state index contributed by atoms with van der Waals surface area (Å²) in [5, 5.41) is 0. The molecule has 18 heavy (non-hydrogen) atoms. The van der Waals surface area contributed by atoms with Gasteiger partial charge in [0.1, 0.15) is 0 Å². The zero-order chi connectivity index (χ0) is 13.3. The van der Waals surface area contributed by atoms with Gasteiger partial charge in [-0.2, -0.15) is 0 Å². The van der Waals surface area contributed by atoms with Gasteiger partial charge in [0.25, 0.3) is 0 Å². The van der Waals surface area contributed by atoms with Crippen LogP contribution in [0.2, 0.25) is 0 Å². The van der Waals surface area contributed by atoms with Crippen LogP contribution < -0.4 is 0 Å². The zero-order valence-electron chi connectivity index (χ0n) is 10.7. The van der Waals surface area contributed by atoms with E-state index in [1.807, 2.05) is 0 Å². The van der Waals surface area contributed by atoms with E-state index < -0.39 is 17.9 Å². The fraction of sp³-hybridized carbons (Fsp3) is 0.700. The molecule has 0 saturated heterocycles. The van der Waals surface area contributed by atoms with Crippen LogP contribution in [0.1, 0.15) is 6.92 Å². The minimum Gasteiger partial charge on any atom is -0.468 e. The first-order valence-electron chi connectivity index (χ1n) is 5.05. The maximum absolute atomic E-state index is 11.2. The van der Waals surface area contributed by atoms with Crippen LogP contribution in [-0.4, -0.2) is 63.3 Å². The number of methoxy groups -OCH3 is 2. The van der Waals surface area contributed by atoms with Crippen molar-refractivity contribution >= 4 is 17.9 Å². The Kier molecular flexibility index (Phi) is 11.9. The first-order chi connectivity index (χ1) is 8.03. The molecule has 0 N–H and O–H groups in total. The van der Waals surface area contributed by atoms with Crippen molar-refractivity contribution in [2.24, 2.45) is 0 Å². The molecule has 0 aliphatic rings. The van der Waals surface area contributed by atoms with Crippen molar-refractivity contribution in [3.8, 4) is 0 Å². The van der Waals surface area contributed by atoms with Gasteiger partial charge < -0.3 is 14.2 Å². The Bertz CT molecular complexity index is 266. The second-order valence-corrected chi connectivity index (χ2v) is 3.10. The Hall–Kier alpha value is -1.05. The van der Waals surface area contributed by atoms with E-state index in [9.17, 15) is 14.4 Å². The van der Waals surface area contributed by atoms with Gasteiger partial charge in [0.05, 0.1) is 40.5 Å². The van der Waals surface area contributed by atoms with Gasteiger partial charge in [0.2, 0.25) is 0 Å². The fourth-order valence-corrected chi connectivity index (χ4v) is 1.05. The zero-order valence-corrected chi connectivity index (χ0v) is 12.1. The van der Waals surface area contributed by atoms with Gasteiger partial charge in [0.15, 0.2) is 0 Å². The van der Waals surface area contributed by atoms with Crippen molar-refractivity contribution < 1.29 is 47.1 Å². The SMILES string of the molecule is CCOC(=O)CN(CC(=O)OC)CC(=O)OC.[V].